The molecule has 0 saturated heterocycles. The first-order valence-corrected chi connectivity index (χ1v) is 11.3. The van der Waals surface area contributed by atoms with Crippen molar-refractivity contribution in [3.8, 4) is 0 Å². The number of fused-ring (bicyclic) bond motifs is 5. The summed E-state index contributed by atoms with van der Waals surface area (Å²) < 4.78 is 6.02. The van der Waals surface area contributed by atoms with Gasteiger partial charge in [-0.2, -0.15) is 0 Å². The van der Waals surface area contributed by atoms with E-state index >= 15 is 0 Å². The molecule has 0 aromatic heterocycles. The molecule has 0 spiro atoms. The van der Waals surface area contributed by atoms with Gasteiger partial charge in [-0.15, -0.1) is 0 Å². The van der Waals surface area contributed by atoms with E-state index in [-0.39, 0.29) is 22.9 Å². The third-order valence-corrected chi connectivity index (χ3v) is 8.88. The third-order valence-electron chi connectivity index (χ3n) is 8.88. The van der Waals surface area contributed by atoms with Gasteiger partial charge in [0, 0.05) is 18.3 Å². The smallest absolute Gasteiger partial charge is 0.306 e. The highest BCUT2D eigenvalue weighted by molar-refractivity contribution is 5.91. The Bertz CT molecular complexity index is 650. The van der Waals surface area contributed by atoms with Crippen molar-refractivity contribution in [2.45, 2.75) is 97.5 Å². The van der Waals surface area contributed by atoms with Gasteiger partial charge in [0.1, 0.15) is 6.10 Å². The summed E-state index contributed by atoms with van der Waals surface area (Å²) >= 11 is 0. The Morgan fingerprint density at radius 2 is 1.93 bits per heavy atom. The zero-order chi connectivity index (χ0) is 19.2. The topological polar surface area (TPSA) is 43.4 Å². The van der Waals surface area contributed by atoms with Gasteiger partial charge in [0.2, 0.25) is 0 Å². The van der Waals surface area contributed by atoms with Crippen molar-refractivity contribution in [3.05, 3.63) is 11.6 Å². The number of carbonyl (C=O) groups is 2. The normalized spacial score (nSPS) is 43.4. The fraction of sp³-hybridized carbons (Fsp3) is 0.833. The molecule has 0 amide bonds. The Morgan fingerprint density at radius 3 is 2.70 bits per heavy atom. The summed E-state index contributed by atoms with van der Waals surface area (Å²) in [7, 11) is 0. The first kappa shape index (κ1) is 19.2. The maximum Gasteiger partial charge on any atom is 0.306 e. The lowest BCUT2D eigenvalue weighted by Gasteiger charge is -2.57. The Hall–Kier alpha value is -1.12. The molecule has 6 atom stereocenters. The molecule has 0 aliphatic heterocycles. The van der Waals surface area contributed by atoms with Crippen molar-refractivity contribution in [1.82, 2.24) is 0 Å². The summed E-state index contributed by atoms with van der Waals surface area (Å²) in [5, 5.41) is 0. The minimum absolute atomic E-state index is 0.0115. The predicted molar refractivity (Wildman–Crippen MR) is 106 cm³/mol. The molecule has 3 saturated carbocycles. The molecule has 3 heteroatoms. The minimum Gasteiger partial charge on any atom is -0.462 e. The Kier molecular flexibility index (Phi) is 5.01. The molecule has 150 valence electrons. The molecular weight excluding hydrogens is 336 g/mol. The van der Waals surface area contributed by atoms with E-state index < -0.39 is 0 Å². The minimum atomic E-state index is 0.0115. The second-order valence-corrected chi connectivity index (χ2v) is 10.2. The molecule has 3 unspecified atom stereocenters. The van der Waals surface area contributed by atoms with Gasteiger partial charge in [0.05, 0.1) is 0 Å². The van der Waals surface area contributed by atoms with E-state index in [1.54, 1.807) is 0 Å². The number of esters is 1. The van der Waals surface area contributed by atoms with Crippen molar-refractivity contribution in [2.75, 3.05) is 0 Å². The monoisotopic (exact) mass is 372 g/mol. The molecule has 4 aliphatic carbocycles. The van der Waals surface area contributed by atoms with Gasteiger partial charge in [0.15, 0.2) is 5.78 Å². The lowest BCUT2D eigenvalue weighted by atomic mass is 9.47. The van der Waals surface area contributed by atoms with Crippen LogP contribution < -0.4 is 0 Å². The van der Waals surface area contributed by atoms with Gasteiger partial charge in [-0.05, 0) is 80.6 Å². The molecule has 0 heterocycles. The van der Waals surface area contributed by atoms with Crippen LogP contribution in [-0.4, -0.2) is 17.9 Å². The number of hydrogen-bond acceptors (Lipinski definition) is 3. The number of rotatable bonds is 4. The van der Waals surface area contributed by atoms with Crippen molar-refractivity contribution in [3.63, 3.8) is 0 Å². The molecule has 0 radical (unpaired) electrons. The van der Waals surface area contributed by atoms with E-state index in [1.165, 1.54) is 31.3 Å². The fourth-order valence-corrected chi connectivity index (χ4v) is 7.24. The number of ether oxygens (including phenoxy) is 1. The molecule has 4 rings (SSSR count). The van der Waals surface area contributed by atoms with Crippen molar-refractivity contribution in [2.24, 2.45) is 28.6 Å². The van der Waals surface area contributed by atoms with Crippen LogP contribution in [0, 0.1) is 28.6 Å². The SMILES string of the molecule is CCCCC(=O)O[C@H]1CCC2C3CCC4=CC(=O)CC[C@]4(C)C3CC[C@@]21C. The van der Waals surface area contributed by atoms with Crippen LogP contribution in [0.2, 0.25) is 0 Å². The highest BCUT2D eigenvalue weighted by Crippen LogP contribution is 2.65. The van der Waals surface area contributed by atoms with Crippen LogP contribution in [0.3, 0.4) is 0 Å². The quantitative estimate of drug-likeness (QED) is 0.602. The highest BCUT2D eigenvalue weighted by Gasteiger charge is 2.59. The van der Waals surface area contributed by atoms with E-state index in [0.717, 1.165) is 44.4 Å². The standard InChI is InChI=1S/C24H36O3/c1-4-5-6-22(26)27-21-10-9-19-18-8-7-16-15-17(25)11-13-23(16,2)20(18)12-14-24(19,21)3/h15,18-21H,4-14H2,1-3H3/t18?,19?,20?,21-,23-,24-/m0/s1. The number of hydrogen-bond donors (Lipinski definition) is 0. The highest BCUT2D eigenvalue weighted by atomic mass is 16.5. The number of unbranched alkanes of at least 4 members (excludes halogenated alkanes) is 1. The summed E-state index contributed by atoms with van der Waals surface area (Å²) in [6, 6.07) is 0. The van der Waals surface area contributed by atoms with Gasteiger partial charge in [-0.1, -0.05) is 32.8 Å². The van der Waals surface area contributed by atoms with Crippen LogP contribution >= 0.6 is 0 Å². The largest absolute Gasteiger partial charge is 0.462 e. The summed E-state index contributed by atoms with van der Waals surface area (Å²) in [5.41, 5.74) is 1.82. The van der Waals surface area contributed by atoms with Gasteiger partial charge >= 0.3 is 5.97 Å². The molecule has 3 nitrogen and oxygen atoms in total. The van der Waals surface area contributed by atoms with E-state index in [1.807, 2.05) is 6.08 Å². The molecule has 0 aromatic rings. The molecule has 27 heavy (non-hydrogen) atoms. The zero-order valence-electron chi connectivity index (χ0n) is 17.4. The lowest BCUT2D eigenvalue weighted by Crippen LogP contribution is -2.51. The van der Waals surface area contributed by atoms with Crippen LogP contribution in [0.15, 0.2) is 11.6 Å². The van der Waals surface area contributed by atoms with Crippen molar-refractivity contribution < 1.29 is 14.3 Å². The average Bonchev–Trinajstić information content (AvgIpc) is 2.97. The van der Waals surface area contributed by atoms with E-state index in [0.29, 0.717) is 24.0 Å². The Balaban J connectivity index is 1.51. The molecule has 3 fully saturated rings. The summed E-state index contributed by atoms with van der Waals surface area (Å²) in [4.78, 5) is 24.2. The number of allylic oxidation sites excluding steroid dienone is 1. The Morgan fingerprint density at radius 1 is 1.11 bits per heavy atom. The zero-order valence-corrected chi connectivity index (χ0v) is 17.4. The molecular formula is C24H36O3. The second-order valence-electron chi connectivity index (χ2n) is 10.2. The van der Waals surface area contributed by atoms with Crippen LogP contribution in [0.5, 0.6) is 0 Å². The van der Waals surface area contributed by atoms with Gasteiger partial charge in [-0.3, -0.25) is 9.59 Å². The fourth-order valence-electron chi connectivity index (χ4n) is 7.24. The molecule has 0 bridgehead atoms. The molecule has 4 aliphatic rings. The maximum absolute atomic E-state index is 12.3. The first-order valence-electron chi connectivity index (χ1n) is 11.3. The summed E-state index contributed by atoms with van der Waals surface area (Å²) in [5.74, 6) is 2.46. The number of carbonyl (C=O) groups excluding carboxylic acids is 2. The molecule has 0 aromatic carbocycles. The summed E-state index contributed by atoms with van der Waals surface area (Å²) in [6.07, 6.45) is 13.4. The van der Waals surface area contributed by atoms with Gasteiger partial charge in [0.25, 0.3) is 0 Å². The van der Waals surface area contributed by atoms with Crippen LogP contribution in [0.1, 0.15) is 91.4 Å². The Labute approximate surface area is 164 Å². The van der Waals surface area contributed by atoms with Crippen molar-refractivity contribution >= 4 is 11.8 Å². The second kappa shape index (κ2) is 7.04. The first-order chi connectivity index (χ1) is 12.9. The third kappa shape index (κ3) is 3.09. The maximum atomic E-state index is 12.3. The van der Waals surface area contributed by atoms with Crippen LogP contribution in [0.4, 0.5) is 0 Å². The molecule has 0 N–H and O–H groups in total. The van der Waals surface area contributed by atoms with Gasteiger partial charge < -0.3 is 4.74 Å². The van der Waals surface area contributed by atoms with Crippen LogP contribution in [-0.2, 0) is 14.3 Å². The van der Waals surface area contributed by atoms with Gasteiger partial charge in [-0.25, -0.2) is 0 Å². The van der Waals surface area contributed by atoms with Crippen LogP contribution in [0.25, 0.3) is 0 Å². The lowest BCUT2D eigenvalue weighted by molar-refractivity contribution is -0.160. The summed E-state index contributed by atoms with van der Waals surface area (Å²) in [6.45, 7) is 6.95. The van der Waals surface area contributed by atoms with E-state index in [9.17, 15) is 9.59 Å². The van der Waals surface area contributed by atoms with E-state index in [2.05, 4.69) is 20.8 Å². The predicted octanol–water partition coefficient (Wildman–Crippen LogP) is 5.62. The van der Waals surface area contributed by atoms with Crippen molar-refractivity contribution in [1.29, 1.82) is 0 Å². The van der Waals surface area contributed by atoms with E-state index in [4.69, 9.17) is 4.74 Å². The average molecular weight is 373 g/mol. The number of ketones is 1.